The van der Waals surface area contributed by atoms with Crippen LogP contribution >= 0.6 is 0 Å². The molecule has 2 heteroatoms. The van der Waals surface area contributed by atoms with E-state index in [1.54, 1.807) is 12.1 Å². The zero-order valence-electron chi connectivity index (χ0n) is 11.2. The number of rotatable bonds is 1. The Morgan fingerprint density at radius 1 is 1.06 bits per heavy atom. The van der Waals surface area contributed by atoms with Gasteiger partial charge >= 0.3 is 0 Å². The molecule has 1 aromatic carbocycles. The Labute approximate surface area is 105 Å². The Bertz CT molecular complexity index is 307. The van der Waals surface area contributed by atoms with E-state index in [9.17, 15) is 4.39 Å². The highest BCUT2D eigenvalue weighted by molar-refractivity contribution is 5.20. The number of hydrogen-bond donors (Lipinski definition) is 0. The molecule has 17 heavy (non-hydrogen) atoms. The van der Waals surface area contributed by atoms with E-state index in [1.165, 1.54) is 31.4 Å². The van der Waals surface area contributed by atoms with E-state index < -0.39 is 0 Å². The maximum absolute atomic E-state index is 12.8. The molecular weight excluding hydrogens is 213 g/mol. The summed E-state index contributed by atoms with van der Waals surface area (Å²) in [5, 5.41) is 0. The molecule has 1 aliphatic heterocycles. The third-order valence-electron chi connectivity index (χ3n) is 3.29. The van der Waals surface area contributed by atoms with Crippen molar-refractivity contribution in [2.45, 2.75) is 39.0 Å². The Kier molecular flexibility index (Phi) is 6.20. The van der Waals surface area contributed by atoms with Crippen LogP contribution in [0.1, 0.15) is 44.6 Å². The van der Waals surface area contributed by atoms with Crippen molar-refractivity contribution in [2.75, 3.05) is 20.1 Å². The molecule has 0 saturated carbocycles. The van der Waals surface area contributed by atoms with Crippen LogP contribution in [0.15, 0.2) is 24.3 Å². The third kappa shape index (κ3) is 4.47. The number of nitrogens with zero attached hydrogens (tertiary/aromatic N) is 1. The van der Waals surface area contributed by atoms with Gasteiger partial charge in [0.05, 0.1) is 0 Å². The first kappa shape index (κ1) is 14.2. The van der Waals surface area contributed by atoms with Gasteiger partial charge in [-0.3, -0.25) is 0 Å². The molecule has 1 atom stereocenters. The first-order valence-corrected chi connectivity index (χ1v) is 6.70. The molecule has 1 unspecified atom stereocenters. The fraction of sp³-hybridized carbons (Fsp3) is 0.600. The Balaban J connectivity index is 0.000000686. The van der Waals surface area contributed by atoms with Crippen LogP contribution in [0.25, 0.3) is 0 Å². The molecule has 0 aliphatic carbocycles. The summed E-state index contributed by atoms with van der Waals surface area (Å²) in [6.07, 6.45) is 3.68. The standard InChI is InChI=1S/C13H18FN.C2H6/c1-15-9-2-3-11(8-10-15)12-4-6-13(14)7-5-12;1-2/h4-7,11H,2-3,8-10H2,1H3;1-2H3. The van der Waals surface area contributed by atoms with Crippen LogP contribution in [-0.2, 0) is 0 Å². The number of benzene rings is 1. The van der Waals surface area contributed by atoms with Gasteiger partial charge in [-0.15, -0.1) is 0 Å². The van der Waals surface area contributed by atoms with E-state index in [1.807, 2.05) is 26.0 Å². The molecule has 2 rings (SSSR count). The first-order chi connectivity index (χ1) is 8.25. The summed E-state index contributed by atoms with van der Waals surface area (Å²) in [6, 6.07) is 7.02. The molecule has 1 saturated heterocycles. The molecule has 96 valence electrons. The summed E-state index contributed by atoms with van der Waals surface area (Å²) >= 11 is 0. The van der Waals surface area contributed by atoms with Gasteiger partial charge < -0.3 is 4.90 Å². The second-order valence-corrected chi connectivity index (χ2v) is 4.48. The molecule has 0 amide bonds. The lowest BCUT2D eigenvalue weighted by Crippen LogP contribution is -2.18. The van der Waals surface area contributed by atoms with Gasteiger partial charge in [0, 0.05) is 0 Å². The molecule has 0 spiro atoms. The van der Waals surface area contributed by atoms with Crippen molar-refractivity contribution in [2.24, 2.45) is 0 Å². The van der Waals surface area contributed by atoms with Crippen molar-refractivity contribution in [3.8, 4) is 0 Å². The fourth-order valence-corrected chi connectivity index (χ4v) is 2.31. The van der Waals surface area contributed by atoms with Crippen LogP contribution in [0.3, 0.4) is 0 Å². The molecule has 0 radical (unpaired) electrons. The van der Waals surface area contributed by atoms with E-state index in [-0.39, 0.29) is 5.82 Å². The molecule has 0 bridgehead atoms. The van der Waals surface area contributed by atoms with Crippen LogP contribution in [-0.4, -0.2) is 25.0 Å². The fourth-order valence-electron chi connectivity index (χ4n) is 2.31. The van der Waals surface area contributed by atoms with E-state index in [2.05, 4.69) is 11.9 Å². The molecule has 1 nitrogen and oxygen atoms in total. The topological polar surface area (TPSA) is 3.24 Å². The average molecular weight is 237 g/mol. The van der Waals surface area contributed by atoms with E-state index >= 15 is 0 Å². The van der Waals surface area contributed by atoms with Crippen molar-refractivity contribution in [3.63, 3.8) is 0 Å². The Morgan fingerprint density at radius 3 is 2.35 bits per heavy atom. The van der Waals surface area contributed by atoms with Gasteiger partial charge in [-0.1, -0.05) is 26.0 Å². The highest BCUT2D eigenvalue weighted by Gasteiger charge is 2.16. The zero-order chi connectivity index (χ0) is 12.7. The lowest BCUT2D eigenvalue weighted by atomic mass is 9.92. The van der Waals surface area contributed by atoms with Gasteiger partial charge in [0.2, 0.25) is 0 Å². The first-order valence-electron chi connectivity index (χ1n) is 6.70. The SMILES string of the molecule is CC.CN1CCCC(c2ccc(F)cc2)CC1. The summed E-state index contributed by atoms with van der Waals surface area (Å²) in [6.45, 7) is 6.35. The molecule has 1 fully saturated rings. The van der Waals surface area contributed by atoms with Gasteiger partial charge in [-0.05, 0) is 63.0 Å². The van der Waals surface area contributed by atoms with Crippen LogP contribution in [0, 0.1) is 5.82 Å². The van der Waals surface area contributed by atoms with Crippen molar-refractivity contribution in [3.05, 3.63) is 35.6 Å². The molecule has 0 N–H and O–H groups in total. The Morgan fingerprint density at radius 2 is 1.71 bits per heavy atom. The second kappa shape index (κ2) is 7.44. The Hall–Kier alpha value is -0.890. The maximum atomic E-state index is 12.8. The predicted molar refractivity (Wildman–Crippen MR) is 71.8 cm³/mol. The summed E-state index contributed by atoms with van der Waals surface area (Å²) in [7, 11) is 2.17. The predicted octanol–water partition coefficient (Wildman–Crippen LogP) is 4.05. The quantitative estimate of drug-likeness (QED) is 0.712. The average Bonchev–Trinajstić information content (AvgIpc) is 2.58. The van der Waals surface area contributed by atoms with Gasteiger partial charge in [0.25, 0.3) is 0 Å². The molecule has 1 aliphatic rings. The van der Waals surface area contributed by atoms with E-state index in [0.717, 1.165) is 6.54 Å². The molecule has 0 aromatic heterocycles. The van der Waals surface area contributed by atoms with Crippen molar-refractivity contribution in [1.82, 2.24) is 4.90 Å². The molecule has 1 heterocycles. The van der Waals surface area contributed by atoms with Crippen LogP contribution in [0.5, 0.6) is 0 Å². The number of hydrogen-bond acceptors (Lipinski definition) is 1. The minimum atomic E-state index is -0.135. The van der Waals surface area contributed by atoms with Crippen LogP contribution in [0.2, 0.25) is 0 Å². The maximum Gasteiger partial charge on any atom is 0.123 e. The summed E-state index contributed by atoms with van der Waals surface area (Å²) in [5.41, 5.74) is 1.30. The second-order valence-electron chi connectivity index (χ2n) is 4.48. The summed E-state index contributed by atoms with van der Waals surface area (Å²) in [4.78, 5) is 2.38. The van der Waals surface area contributed by atoms with Crippen LogP contribution in [0.4, 0.5) is 4.39 Å². The van der Waals surface area contributed by atoms with Crippen molar-refractivity contribution >= 4 is 0 Å². The van der Waals surface area contributed by atoms with Gasteiger partial charge in [-0.25, -0.2) is 4.39 Å². The van der Waals surface area contributed by atoms with Gasteiger partial charge in [-0.2, -0.15) is 0 Å². The smallest absolute Gasteiger partial charge is 0.123 e. The van der Waals surface area contributed by atoms with E-state index in [0.29, 0.717) is 5.92 Å². The van der Waals surface area contributed by atoms with Crippen LogP contribution < -0.4 is 0 Å². The van der Waals surface area contributed by atoms with Gasteiger partial charge in [0.15, 0.2) is 0 Å². The lowest BCUT2D eigenvalue weighted by Gasteiger charge is -2.15. The zero-order valence-corrected chi connectivity index (χ0v) is 11.2. The highest BCUT2D eigenvalue weighted by atomic mass is 19.1. The van der Waals surface area contributed by atoms with Crippen molar-refractivity contribution in [1.29, 1.82) is 0 Å². The van der Waals surface area contributed by atoms with Gasteiger partial charge in [0.1, 0.15) is 5.82 Å². The van der Waals surface area contributed by atoms with E-state index in [4.69, 9.17) is 0 Å². The minimum Gasteiger partial charge on any atom is -0.306 e. The lowest BCUT2D eigenvalue weighted by molar-refractivity contribution is 0.347. The third-order valence-corrected chi connectivity index (χ3v) is 3.29. The normalized spacial score (nSPS) is 21.3. The van der Waals surface area contributed by atoms with Crippen molar-refractivity contribution < 1.29 is 4.39 Å². The highest BCUT2D eigenvalue weighted by Crippen LogP contribution is 2.27. The molecule has 1 aromatic rings. The number of likely N-dealkylation sites (tertiary alicyclic amines) is 1. The minimum absolute atomic E-state index is 0.135. The summed E-state index contributed by atoms with van der Waals surface area (Å²) in [5.74, 6) is 0.486. The number of halogens is 1. The monoisotopic (exact) mass is 237 g/mol. The molecular formula is C15H24FN. The summed E-state index contributed by atoms with van der Waals surface area (Å²) < 4.78 is 12.8. The largest absolute Gasteiger partial charge is 0.306 e.